The number of ether oxygens (including phenoxy) is 3. The average molecular weight is 453 g/mol. The minimum Gasteiger partial charge on any atom is -0.545 e. The Morgan fingerprint density at radius 2 is 1.97 bits per heavy atom. The molecule has 0 unspecified atom stereocenters. The van der Waals surface area contributed by atoms with Gasteiger partial charge in [-0.3, -0.25) is 0 Å². The van der Waals surface area contributed by atoms with Crippen LogP contribution < -0.4 is 14.6 Å². The lowest BCUT2D eigenvalue weighted by Crippen LogP contribution is -2.40. The third-order valence-electron chi connectivity index (χ3n) is 4.43. The lowest BCUT2D eigenvalue weighted by Gasteiger charge is -2.25. The van der Waals surface area contributed by atoms with Crippen molar-refractivity contribution in [2.45, 2.75) is 11.1 Å². The third kappa shape index (κ3) is 4.84. The van der Waals surface area contributed by atoms with Crippen LogP contribution in [0.5, 0.6) is 11.5 Å². The number of carboxylic acid groups (broad SMARTS) is 1. The number of hydrogen-bond donors (Lipinski definition) is 0. The topological polar surface area (TPSA) is 105 Å². The summed E-state index contributed by atoms with van der Waals surface area (Å²) in [6.45, 7) is 3.52. The van der Waals surface area contributed by atoms with Crippen molar-refractivity contribution in [3.63, 3.8) is 0 Å². The van der Waals surface area contributed by atoms with E-state index in [-0.39, 0.29) is 27.7 Å². The van der Waals surface area contributed by atoms with Gasteiger partial charge in [-0.15, -0.1) is 11.3 Å². The van der Waals surface area contributed by atoms with Crippen LogP contribution in [-0.4, -0.2) is 58.7 Å². The average Bonchev–Trinajstić information content (AvgIpc) is 3.24. The molecule has 0 aliphatic carbocycles. The number of rotatable bonds is 8. The van der Waals surface area contributed by atoms with Crippen LogP contribution in [0.25, 0.3) is 11.6 Å². The van der Waals surface area contributed by atoms with Crippen molar-refractivity contribution in [2.75, 3.05) is 40.0 Å². The van der Waals surface area contributed by atoms with E-state index in [0.29, 0.717) is 36.9 Å². The number of sulfonamides is 1. The predicted octanol–water partition coefficient (Wildman–Crippen LogP) is 1.47. The molecule has 30 heavy (non-hydrogen) atoms. The Morgan fingerprint density at radius 1 is 1.23 bits per heavy atom. The molecule has 2 heterocycles. The summed E-state index contributed by atoms with van der Waals surface area (Å²) in [7, 11) is -2.21. The fraction of sp³-hybridized carbons (Fsp3) is 0.350. The van der Waals surface area contributed by atoms with Gasteiger partial charge in [0.15, 0.2) is 11.5 Å². The molecule has 1 aromatic heterocycles. The van der Waals surface area contributed by atoms with Gasteiger partial charge in [0.1, 0.15) is 4.21 Å². The van der Waals surface area contributed by atoms with Crippen molar-refractivity contribution in [2.24, 2.45) is 0 Å². The van der Waals surface area contributed by atoms with E-state index in [2.05, 4.69) is 0 Å². The molecule has 0 saturated carbocycles. The monoisotopic (exact) mass is 452 g/mol. The first-order chi connectivity index (χ1) is 14.4. The standard InChI is InChI=1S/C20H23NO7S2/c1-3-28-16-5-4-14(13-17(16)26-2)12-15(20(22)23)18-6-7-19(29-18)30(24,25)21-8-10-27-11-9-21/h4-7,12-13H,3,8-11H2,1-2H3,(H,22,23)/p-1/b15-12+. The Labute approximate surface area is 179 Å². The molecule has 0 atom stereocenters. The van der Waals surface area contributed by atoms with E-state index >= 15 is 0 Å². The summed E-state index contributed by atoms with van der Waals surface area (Å²) in [4.78, 5) is 12.1. The molecule has 0 radical (unpaired) electrons. The first kappa shape index (κ1) is 22.3. The van der Waals surface area contributed by atoms with Gasteiger partial charge in [0.2, 0.25) is 0 Å². The summed E-state index contributed by atoms with van der Waals surface area (Å²) in [6.07, 6.45) is 1.42. The summed E-state index contributed by atoms with van der Waals surface area (Å²) in [5.74, 6) is -0.396. The summed E-state index contributed by atoms with van der Waals surface area (Å²) >= 11 is 0.895. The number of methoxy groups -OCH3 is 1. The molecule has 1 aromatic carbocycles. The molecule has 1 saturated heterocycles. The van der Waals surface area contributed by atoms with E-state index in [9.17, 15) is 18.3 Å². The van der Waals surface area contributed by atoms with Crippen molar-refractivity contribution in [3.05, 3.63) is 40.8 Å². The van der Waals surface area contributed by atoms with Gasteiger partial charge in [-0.25, -0.2) is 8.42 Å². The second-order valence-corrected chi connectivity index (χ2v) is 9.57. The van der Waals surface area contributed by atoms with Gasteiger partial charge in [0.05, 0.1) is 32.9 Å². The Morgan fingerprint density at radius 3 is 2.60 bits per heavy atom. The first-order valence-corrected chi connectivity index (χ1v) is 11.5. The number of nitrogens with zero attached hydrogens (tertiary/aromatic N) is 1. The fourth-order valence-electron chi connectivity index (χ4n) is 2.96. The van der Waals surface area contributed by atoms with Gasteiger partial charge in [-0.05, 0) is 42.8 Å². The Balaban J connectivity index is 1.93. The zero-order valence-corrected chi connectivity index (χ0v) is 18.3. The number of aliphatic carboxylic acids is 1. The quantitative estimate of drug-likeness (QED) is 0.559. The molecule has 3 rings (SSSR count). The highest BCUT2D eigenvalue weighted by atomic mass is 32.2. The lowest BCUT2D eigenvalue weighted by molar-refractivity contribution is -0.295. The molecular formula is C20H22NO7S2-. The molecule has 162 valence electrons. The maximum atomic E-state index is 12.8. The molecular weight excluding hydrogens is 430 g/mol. The number of hydrogen-bond acceptors (Lipinski definition) is 8. The number of thiophene rings is 1. The molecule has 10 heteroatoms. The SMILES string of the molecule is CCOc1ccc(/C=C(/C(=O)[O-])c2ccc(S(=O)(=O)N3CCOCC3)s2)cc1OC. The molecule has 8 nitrogen and oxygen atoms in total. The van der Waals surface area contributed by atoms with Crippen molar-refractivity contribution >= 4 is 39.0 Å². The molecule has 1 aliphatic rings. The zero-order chi connectivity index (χ0) is 21.7. The van der Waals surface area contributed by atoms with Gasteiger partial charge >= 0.3 is 0 Å². The van der Waals surface area contributed by atoms with E-state index in [1.165, 1.54) is 29.6 Å². The van der Waals surface area contributed by atoms with Gasteiger partial charge < -0.3 is 24.1 Å². The molecule has 2 aromatic rings. The maximum absolute atomic E-state index is 12.8. The lowest BCUT2D eigenvalue weighted by atomic mass is 10.1. The van der Waals surface area contributed by atoms with Gasteiger partial charge in [0, 0.05) is 23.5 Å². The molecule has 1 fully saturated rings. The minimum atomic E-state index is -3.70. The summed E-state index contributed by atoms with van der Waals surface area (Å²) in [6, 6.07) is 7.91. The zero-order valence-electron chi connectivity index (χ0n) is 16.6. The summed E-state index contributed by atoms with van der Waals surface area (Å²) in [5.41, 5.74) is 0.440. The summed E-state index contributed by atoms with van der Waals surface area (Å²) in [5, 5.41) is 11.8. The minimum absolute atomic E-state index is 0.0795. The van der Waals surface area contributed by atoms with Crippen LogP contribution in [0.2, 0.25) is 0 Å². The van der Waals surface area contributed by atoms with Crippen LogP contribution in [0, 0.1) is 0 Å². The van der Waals surface area contributed by atoms with Gasteiger partial charge in [-0.2, -0.15) is 4.31 Å². The van der Waals surface area contributed by atoms with E-state index in [1.54, 1.807) is 18.2 Å². The fourth-order valence-corrected chi connectivity index (χ4v) is 5.84. The number of morpholine rings is 1. The van der Waals surface area contributed by atoms with E-state index in [0.717, 1.165) is 11.3 Å². The number of carbonyl (C=O) groups excluding carboxylic acids is 1. The smallest absolute Gasteiger partial charge is 0.252 e. The van der Waals surface area contributed by atoms with Gasteiger partial charge in [0.25, 0.3) is 10.0 Å². The number of benzene rings is 1. The van der Waals surface area contributed by atoms with E-state index in [1.807, 2.05) is 6.92 Å². The van der Waals surface area contributed by atoms with Crippen molar-refractivity contribution in [3.8, 4) is 11.5 Å². The van der Waals surface area contributed by atoms with Crippen LogP contribution >= 0.6 is 11.3 Å². The van der Waals surface area contributed by atoms with E-state index < -0.39 is 16.0 Å². The van der Waals surface area contributed by atoms with E-state index in [4.69, 9.17) is 14.2 Å². The van der Waals surface area contributed by atoms with Crippen LogP contribution in [0.1, 0.15) is 17.4 Å². The molecule has 0 amide bonds. The van der Waals surface area contributed by atoms with Crippen LogP contribution in [0.3, 0.4) is 0 Å². The second kappa shape index (κ2) is 9.61. The van der Waals surface area contributed by atoms with Crippen molar-refractivity contribution in [1.29, 1.82) is 0 Å². The van der Waals surface area contributed by atoms with Crippen molar-refractivity contribution < 1.29 is 32.5 Å². The van der Waals surface area contributed by atoms with Gasteiger partial charge in [-0.1, -0.05) is 6.07 Å². The largest absolute Gasteiger partial charge is 0.545 e. The molecule has 0 bridgehead atoms. The second-order valence-electron chi connectivity index (χ2n) is 6.32. The third-order valence-corrected chi connectivity index (χ3v) is 7.91. The highest BCUT2D eigenvalue weighted by Gasteiger charge is 2.28. The highest BCUT2D eigenvalue weighted by molar-refractivity contribution is 7.91. The number of carbonyl (C=O) groups is 1. The van der Waals surface area contributed by atoms with Crippen LogP contribution in [0.4, 0.5) is 0 Å². The Hall–Kier alpha value is -2.40. The van der Waals surface area contributed by atoms with Crippen LogP contribution in [0.15, 0.2) is 34.5 Å². The summed E-state index contributed by atoms with van der Waals surface area (Å²) < 4.78 is 43.0. The predicted molar refractivity (Wildman–Crippen MR) is 111 cm³/mol. The molecule has 0 N–H and O–H groups in total. The van der Waals surface area contributed by atoms with Crippen molar-refractivity contribution in [1.82, 2.24) is 4.31 Å². The normalized spacial score (nSPS) is 15.7. The maximum Gasteiger partial charge on any atom is 0.252 e. The highest BCUT2D eigenvalue weighted by Crippen LogP contribution is 2.33. The Bertz CT molecular complexity index is 1040. The molecule has 1 aliphatic heterocycles. The number of carboxylic acids is 1. The molecule has 0 spiro atoms. The van der Waals surface area contributed by atoms with Crippen LogP contribution in [-0.2, 0) is 19.6 Å². The first-order valence-electron chi connectivity index (χ1n) is 9.28. The Kier molecular flexibility index (Phi) is 7.14.